The summed E-state index contributed by atoms with van der Waals surface area (Å²) in [5.74, 6) is 1.13. The maximum absolute atomic E-state index is 11.7. The molecule has 1 amide bonds. The molecule has 2 aromatic rings. The molecule has 6 nitrogen and oxygen atoms in total. The Morgan fingerprint density at radius 2 is 2.19 bits per heavy atom. The van der Waals surface area contributed by atoms with Gasteiger partial charge in [-0.15, -0.1) is 0 Å². The number of carbonyl (C=O) groups excluding carboxylic acids is 1. The van der Waals surface area contributed by atoms with E-state index in [1.807, 2.05) is 0 Å². The predicted molar refractivity (Wildman–Crippen MR) is 80.0 cm³/mol. The Kier molecular flexibility index (Phi) is 4.94. The maximum atomic E-state index is 11.7. The quantitative estimate of drug-likeness (QED) is 0.877. The van der Waals surface area contributed by atoms with Gasteiger partial charge in [-0.25, -0.2) is 9.97 Å². The van der Waals surface area contributed by atoms with Crippen molar-refractivity contribution in [2.45, 2.75) is 13.5 Å². The molecule has 0 aliphatic heterocycles. The normalized spacial score (nSPS) is 10.2. The number of ether oxygens (including phenoxy) is 1. The van der Waals surface area contributed by atoms with Crippen molar-refractivity contribution in [3.05, 3.63) is 46.9 Å². The Morgan fingerprint density at radius 3 is 2.90 bits per heavy atom. The molecule has 0 saturated heterocycles. The lowest BCUT2D eigenvalue weighted by molar-refractivity contribution is -0.123. The van der Waals surface area contributed by atoms with Crippen LogP contribution in [0.5, 0.6) is 5.75 Å². The smallest absolute Gasteiger partial charge is 0.258 e. The lowest BCUT2D eigenvalue weighted by Crippen LogP contribution is -2.29. The van der Waals surface area contributed by atoms with Crippen LogP contribution in [0.4, 0.5) is 5.82 Å². The largest absolute Gasteiger partial charge is 0.482 e. The van der Waals surface area contributed by atoms with E-state index in [0.717, 1.165) is 0 Å². The van der Waals surface area contributed by atoms with Crippen LogP contribution in [0.1, 0.15) is 11.4 Å². The second kappa shape index (κ2) is 6.90. The number of rotatable bonds is 5. The molecule has 0 unspecified atom stereocenters. The van der Waals surface area contributed by atoms with E-state index in [-0.39, 0.29) is 19.1 Å². The number of aryl methyl sites for hydroxylation is 1. The third-order valence-electron chi connectivity index (χ3n) is 2.69. The number of carbonyl (C=O) groups is 1. The fourth-order valence-electron chi connectivity index (χ4n) is 1.60. The van der Waals surface area contributed by atoms with E-state index in [2.05, 4.69) is 15.3 Å². The highest BCUT2D eigenvalue weighted by Gasteiger charge is 2.07. The standard InChI is InChI=1S/C14H15ClN4O2/c1-9-17-6-10(14(16)19-9)7-18-13(20)8-21-12-5-3-2-4-11(12)15/h2-6H,7-8H2,1H3,(H,18,20)(H2,16,17,19). The van der Waals surface area contributed by atoms with Gasteiger partial charge in [-0.1, -0.05) is 23.7 Å². The summed E-state index contributed by atoms with van der Waals surface area (Å²) in [6, 6.07) is 6.96. The van der Waals surface area contributed by atoms with Gasteiger partial charge in [0.05, 0.1) is 5.02 Å². The number of nitrogens with two attached hydrogens (primary N) is 1. The highest BCUT2D eigenvalue weighted by Crippen LogP contribution is 2.22. The van der Waals surface area contributed by atoms with Gasteiger partial charge in [0.15, 0.2) is 6.61 Å². The first-order chi connectivity index (χ1) is 10.1. The van der Waals surface area contributed by atoms with Crippen molar-refractivity contribution in [3.63, 3.8) is 0 Å². The third-order valence-corrected chi connectivity index (χ3v) is 3.00. The summed E-state index contributed by atoms with van der Waals surface area (Å²) in [7, 11) is 0. The molecule has 1 aromatic carbocycles. The molecule has 110 valence electrons. The Balaban J connectivity index is 1.84. The van der Waals surface area contributed by atoms with Crippen LogP contribution in [0, 0.1) is 6.92 Å². The number of nitrogens with zero attached hydrogens (tertiary/aromatic N) is 2. The Bertz CT molecular complexity index is 649. The summed E-state index contributed by atoms with van der Waals surface area (Å²) < 4.78 is 5.33. The average Bonchev–Trinajstić information content (AvgIpc) is 2.45. The van der Waals surface area contributed by atoms with Crippen molar-refractivity contribution in [2.24, 2.45) is 0 Å². The molecular formula is C14H15ClN4O2. The van der Waals surface area contributed by atoms with Crippen molar-refractivity contribution in [2.75, 3.05) is 12.3 Å². The molecule has 0 aliphatic carbocycles. The van der Waals surface area contributed by atoms with E-state index < -0.39 is 0 Å². The highest BCUT2D eigenvalue weighted by molar-refractivity contribution is 6.32. The zero-order valence-electron chi connectivity index (χ0n) is 11.5. The number of para-hydroxylation sites is 1. The number of nitrogen functional groups attached to an aromatic ring is 1. The van der Waals surface area contributed by atoms with Crippen molar-refractivity contribution < 1.29 is 9.53 Å². The van der Waals surface area contributed by atoms with Gasteiger partial charge in [-0.05, 0) is 19.1 Å². The SMILES string of the molecule is Cc1ncc(CNC(=O)COc2ccccc2Cl)c(N)n1. The summed E-state index contributed by atoms with van der Waals surface area (Å²) in [6.07, 6.45) is 1.59. The van der Waals surface area contributed by atoms with Gasteiger partial charge in [0.25, 0.3) is 5.91 Å². The van der Waals surface area contributed by atoms with Crippen LogP contribution < -0.4 is 15.8 Å². The molecule has 3 N–H and O–H groups in total. The molecule has 7 heteroatoms. The summed E-state index contributed by atoms with van der Waals surface area (Å²) in [5, 5.41) is 3.14. The molecule has 0 radical (unpaired) electrons. The average molecular weight is 307 g/mol. The molecule has 21 heavy (non-hydrogen) atoms. The number of benzene rings is 1. The van der Waals surface area contributed by atoms with Gasteiger partial charge < -0.3 is 15.8 Å². The molecule has 2 rings (SSSR count). The van der Waals surface area contributed by atoms with Crippen LogP contribution in [0.25, 0.3) is 0 Å². The molecule has 1 heterocycles. The van der Waals surface area contributed by atoms with Crippen molar-refractivity contribution in [3.8, 4) is 5.75 Å². The molecule has 0 saturated carbocycles. The highest BCUT2D eigenvalue weighted by atomic mass is 35.5. The lowest BCUT2D eigenvalue weighted by atomic mass is 10.3. The second-order valence-corrected chi connectivity index (χ2v) is 4.73. The van der Waals surface area contributed by atoms with Crippen molar-refractivity contribution in [1.82, 2.24) is 15.3 Å². The molecule has 0 atom stereocenters. The number of aromatic nitrogens is 2. The van der Waals surface area contributed by atoms with E-state index >= 15 is 0 Å². The number of halogens is 1. The van der Waals surface area contributed by atoms with Crippen LogP contribution in [0.3, 0.4) is 0 Å². The van der Waals surface area contributed by atoms with Crippen molar-refractivity contribution >= 4 is 23.3 Å². The number of amides is 1. The fraction of sp³-hybridized carbons (Fsp3) is 0.214. The summed E-state index contributed by atoms with van der Waals surface area (Å²) in [6.45, 7) is 1.86. The second-order valence-electron chi connectivity index (χ2n) is 4.32. The monoisotopic (exact) mass is 306 g/mol. The first-order valence-corrected chi connectivity index (χ1v) is 6.66. The minimum atomic E-state index is -0.283. The summed E-state index contributed by atoms with van der Waals surface area (Å²) in [4.78, 5) is 19.8. The topological polar surface area (TPSA) is 90.1 Å². The Hall–Kier alpha value is -2.34. The number of hydrogen-bond donors (Lipinski definition) is 2. The predicted octanol–water partition coefficient (Wildman–Crippen LogP) is 1.72. The van der Waals surface area contributed by atoms with Gasteiger partial charge in [0.2, 0.25) is 0 Å². The van der Waals surface area contributed by atoms with Gasteiger partial charge in [0.1, 0.15) is 17.4 Å². The van der Waals surface area contributed by atoms with Gasteiger partial charge in [-0.2, -0.15) is 0 Å². The van der Waals surface area contributed by atoms with E-state index in [1.54, 1.807) is 37.4 Å². The Morgan fingerprint density at radius 1 is 1.43 bits per heavy atom. The van der Waals surface area contributed by atoms with E-state index in [0.29, 0.717) is 28.0 Å². The van der Waals surface area contributed by atoms with Crippen LogP contribution in [-0.2, 0) is 11.3 Å². The summed E-state index contributed by atoms with van der Waals surface area (Å²) >= 11 is 5.93. The summed E-state index contributed by atoms with van der Waals surface area (Å²) in [5.41, 5.74) is 6.40. The van der Waals surface area contributed by atoms with E-state index in [9.17, 15) is 4.79 Å². The minimum Gasteiger partial charge on any atom is -0.482 e. The first kappa shape index (κ1) is 15.1. The van der Waals surface area contributed by atoms with Crippen LogP contribution in [-0.4, -0.2) is 22.5 Å². The first-order valence-electron chi connectivity index (χ1n) is 6.28. The van der Waals surface area contributed by atoms with Gasteiger partial charge in [-0.3, -0.25) is 4.79 Å². The fourth-order valence-corrected chi connectivity index (χ4v) is 1.79. The third kappa shape index (κ3) is 4.32. The lowest BCUT2D eigenvalue weighted by Gasteiger charge is -2.09. The molecule has 1 aromatic heterocycles. The van der Waals surface area contributed by atoms with Crippen LogP contribution in [0.15, 0.2) is 30.5 Å². The molecular weight excluding hydrogens is 292 g/mol. The number of hydrogen-bond acceptors (Lipinski definition) is 5. The minimum absolute atomic E-state index is 0.129. The van der Waals surface area contributed by atoms with E-state index in [4.69, 9.17) is 22.1 Å². The molecule has 0 fully saturated rings. The number of anilines is 1. The maximum Gasteiger partial charge on any atom is 0.258 e. The van der Waals surface area contributed by atoms with Crippen LogP contribution >= 0.6 is 11.6 Å². The molecule has 0 spiro atoms. The van der Waals surface area contributed by atoms with Crippen LogP contribution in [0.2, 0.25) is 5.02 Å². The molecule has 0 bridgehead atoms. The Labute approximate surface area is 127 Å². The zero-order valence-corrected chi connectivity index (χ0v) is 12.2. The van der Waals surface area contributed by atoms with Gasteiger partial charge >= 0.3 is 0 Å². The number of nitrogens with one attached hydrogen (secondary N) is 1. The van der Waals surface area contributed by atoms with Crippen molar-refractivity contribution in [1.29, 1.82) is 0 Å². The molecule has 0 aliphatic rings. The van der Waals surface area contributed by atoms with Gasteiger partial charge in [0, 0.05) is 18.3 Å². The van der Waals surface area contributed by atoms with E-state index in [1.165, 1.54) is 0 Å². The zero-order chi connectivity index (χ0) is 15.2.